The van der Waals surface area contributed by atoms with Gasteiger partial charge in [-0.1, -0.05) is 46.3 Å². The first-order chi connectivity index (χ1) is 13.1. The van der Waals surface area contributed by atoms with E-state index in [1.807, 2.05) is 24.3 Å². The molecule has 0 radical (unpaired) electrons. The van der Waals surface area contributed by atoms with E-state index in [2.05, 4.69) is 62.8 Å². The fourth-order valence-corrected chi connectivity index (χ4v) is 3.63. The molecule has 1 atom stereocenters. The summed E-state index contributed by atoms with van der Waals surface area (Å²) >= 11 is 3.48. The first-order valence-corrected chi connectivity index (χ1v) is 10.1. The van der Waals surface area contributed by atoms with Crippen molar-refractivity contribution in [3.63, 3.8) is 0 Å². The summed E-state index contributed by atoms with van der Waals surface area (Å²) in [5.41, 5.74) is 2.32. The largest absolute Gasteiger partial charge is 0.493 e. The third-order valence-electron chi connectivity index (χ3n) is 4.61. The molecule has 6 heteroatoms. The molecule has 1 heterocycles. The van der Waals surface area contributed by atoms with Crippen molar-refractivity contribution in [2.24, 2.45) is 0 Å². The van der Waals surface area contributed by atoms with Crippen LogP contribution in [0.4, 0.5) is 4.79 Å². The molecule has 0 saturated carbocycles. The van der Waals surface area contributed by atoms with E-state index in [4.69, 9.17) is 4.74 Å². The van der Waals surface area contributed by atoms with Crippen molar-refractivity contribution in [1.29, 1.82) is 0 Å². The predicted octanol–water partition coefficient (Wildman–Crippen LogP) is 4.09. The van der Waals surface area contributed by atoms with Gasteiger partial charge in [-0.3, -0.25) is 0 Å². The molecule has 2 aromatic carbocycles. The van der Waals surface area contributed by atoms with Crippen LogP contribution >= 0.6 is 15.9 Å². The zero-order valence-electron chi connectivity index (χ0n) is 15.6. The van der Waals surface area contributed by atoms with Gasteiger partial charge in [-0.2, -0.15) is 0 Å². The Hall–Kier alpha value is -2.05. The second-order valence-corrected chi connectivity index (χ2v) is 7.76. The molecule has 2 amide bonds. The van der Waals surface area contributed by atoms with Crippen molar-refractivity contribution < 1.29 is 9.53 Å². The highest BCUT2D eigenvalue weighted by Gasteiger charge is 2.23. The number of urea groups is 1. The number of rotatable bonds is 7. The van der Waals surface area contributed by atoms with Crippen molar-refractivity contribution in [2.75, 3.05) is 26.7 Å². The van der Waals surface area contributed by atoms with Gasteiger partial charge in [-0.25, -0.2) is 4.79 Å². The molecular weight excluding hydrogens is 406 g/mol. The normalized spacial score (nSPS) is 15.7. The lowest BCUT2D eigenvalue weighted by molar-refractivity contribution is 0.222. The minimum Gasteiger partial charge on any atom is -0.493 e. The number of hydrogen-bond donors (Lipinski definition) is 2. The van der Waals surface area contributed by atoms with Crippen LogP contribution in [0.2, 0.25) is 0 Å². The van der Waals surface area contributed by atoms with Crippen LogP contribution in [0, 0.1) is 0 Å². The fourth-order valence-electron chi connectivity index (χ4n) is 3.25. The Kier molecular flexibility index (Phi) is 7.12. The molecule has 2 aromatic rings. The molecule has 5 nitrogen and oxygen atoms in total. The molecule has 0 saturated heterocycles. The first-order valence-electron chi connectivity index (χ1n) is 9.31. The van der Waals surface area contributed by atoms with Gasteiger partial charge in [0.15, 0.2) is 0 Å². The molecule has 27 heavy (non-hydrogen) atoms. The molecule has 0 bridgehead atoms. The average molecular weight is 432 g/mol. The van der Waals surface area contributed by atoms with Crippen LogP contribution in [0.5, 0.6) is 5.75 Å². The summed E-state index contributed by atoms with van der Waals surface area (Å²) < 4.78 is 6.65. The van der Waals surface area contributed by atoms with E-state index >= 15 is 0 Å². The summed E-state index contributed by atoms with van der Waals surface area (Å²) in [5, 5.41) is 6.03. The van der Waals surface area contributed by atoms with Crippen LogP contribution in [0.15, 0.2) is 53.0 Å². The lowest BCUT2D eigenvalue weighted by Gasteiger charge is -2.27. The lowest BCUT2D eigenvalue weighted by atomic mass is 10.0. The molecular formula is C21H26BrN3O2. The van der Waals surface area contributed by atoms with Crippen molar-refractivity contribution in [3.8, 4) is 5.75 Å². The molecule has 0 spiro atoms. The Balaban J connectivity index is 1.39. The average Bonchev–Trinajstić information content (AvgIpc) is 2.66. The van der Waals surface area contributed by atoms with E-state index in [9.17, 15) is 4.79 Å². The van der Waals surface area contributed by atoms with Crippen LogP contribution in [0.3, 0.4) is 0 Å². The Bertz CT molecular complexity index is 754. The summed E-state index contributed by atoms with van der Waals surface area (Å²) in [4.78, 5) is 14.5. The molecule has 0 aromatic heterocycles. The van der Waals surface area contributed by atoms with Crippen molar-refractivity contribution in [1.82, 2.24) is 15.5 Å². The number of amides is 2. The van der Waals surface area contributed by atoms with Gasteiger partial charge in [0.05, 0.1) is 12.6 Å². The van der Waals surface area contributed by atoms with Gasteiger partial charge >= 0.3 is 6.03 Å². The lowest BCUT2D eigenvalue weighted by Crippen LogP contribution is -2.40. The van der Waals surface area contributed by atoms with Crippen LogP contribution in [0.1, 0.15) is 30.0 Å². The highest BCUT2D eigenvalue weighted by Crippen LogP contribution is 2.33. The van der Waals surface area contributed by atoms with Crippen LogP contribution in [-0.2, 0) is 6.54 Å². The predicted molar refractivity (Wildman–Crippen MR) is 111 cm³/mol. The van der Waals surface area contributed by atoms with Gasteiger partial charge in [-0.15, -0.1) is 0 Å². The summed E-state index contributed by atoms with van der Waals surface area (Å²) in [5.74, 6) is 0.845. The maximum absolute atomic E-state index is 12.3. The van der Waals surface area contributed by atoms with Crippen LogP contribution in [0.25, 0.3) is 0 Å². The molecule has 1 aliphatic heterocycles. The number of ether oxygens (including phenoxy) is 1. The molecule has 0 fully saturated rings. The monoisotopic (exact) mass is 431 g/mol. The topological polar surface area (TPSA) is 53.6 Å². The Morgan fingerprint density at radius 1 is 1.26 bits per heavy atom. The second kappa shape index (κ2) is 9.76. The summed E-state index contributed by atoms with van der Waals surface area (Å²) in [6.45, 7) is 3.12. The van der Waals surface area contributed by atoms with Crippen molar-refractivity contribution in [3.05, 3.63) is 64.1 Å². The van der Waals surface area contributed by atoms with Gasteiger partial charge in [0.2, 0.25) is 0 Å². The van der Waals surface area contributed by atoms with Gasteiger partial charge in [-0.05, 0) is 43.8 Å². The van der Waals surface area contributed by atoms with Gasteiger partial charge in [0.1, 0.15) is 5.75 Å². The standard InChI is InChI=1S/C21H26BrN3O2/c1-25(15-16-6-3-2-4-7-16)12-5-11-23-21(26)24-19-10-13-27-20-9-8-17(22)14-18(19)20/h2-4,6-9,14,19H,5,10-13,15H2,1H3,(H2,23,24,26). The Morgan fingerprint density at radius 2 is 2.07 bits per heavy atom. The zero-order valence-corrected chi connectivity index (χ0v) is 17.2. The van der Waals surface area contributed by atoms with Gasteiger partial charge in [0, 0.05) is 29.5 Å². The van der Waals surface area contributed by atoms with Crippen molar-refractivity contribution >= 4 is 22.0 Å². The number of carbonyl (C=O) groups is 1. The van der Waals surface area contributed by atoms with E-state index in [1.165, 1.54) is 5.56 Å². The zero-order chi connectivity index (χ0) is 19.1. The van der Waals surface area contributed by atoms with E-state index < -0.39 is 0 Å². The Morgan fingerprint density at radius 3 is 2.89 bits per heavy atom. The van der Waals surface area contributed by atoms with E-state index in [1.54, 1.807) is 0 Å². The van der Waals surface area contributed by atoms with Crippen LogP contribution in [-0.4, -0.2) is 37.7 Å². The van der Waals surface area contributed by atoms with E-state index in [-0.39, 0.29) is 12.1 Å². The van der Waals surface area contributed by atoms with Gasteiger partial charge < -0.3 is 20.3 Å². The summed E-state index contributed by atoms with van der Waals surface area (Å²) in [6.07, 6.45) is 1.68. The summed E-state index contributed by atoms with van der Waals surface area (Å²) in [7, 11) is 2.10. The molecule has 0 aliphatic carbocycles. The third-order valence-corrected chi connectivity index (χ3v) is 5.11. The smallest absolute Gasteiger partial charge is 0.315 e. The number of hydrogen-bond acceptors (Lipinski definition) is 3. The highest BCUT2D eigenvalue weighted by atomic mass is 79.9. The molecule has 1 unspecified atom stereocenters. The van der Waals surface area contributed by atoms with Gasteiger partial charge in [0.25, 0.3) is 0 Å². The molecule has 2 N–H and O–H groups in total. The number of nitrogens with zero attached hydrogens (tertiary/aromatic N) is 1. The Labute approximate surface area is 169 Å². The summed E-state index contributed by atoms with van der Waals surface area (Å²) in [6, 6.07) is 16.2. The number of benzene rings is 2. The quantitative estimate of drug-likeness (QED) is 0.648. The number of fused-ring (bicyclic) bond motifs is 1. The van der Waals surface area contributed by atoms with E-state index in [0.717, 1.165) is 41.7 Å². The number of carbonyl (C=O) groups excluding carboxylic acids is 1. The maximum atomic E-state index is 12.3. The number of nitrogens with one attached hydrogen (secondary N) is 2. The number of halogens is 1. The minimum absolute atomic E-state index is 0.0213. The first kappa shape index (κ1) is 19.7. The highest BCUT2D eigenvalue weighted by molar-refractivity contribution is 9.10. The second-order valence-electron chi connectivity index (χ2n) is 6.85. The van der Waals surface area contributed by atoms with Crippen molar-refractivity contribution in [2.45, 2.75) is 25.4 Å². The van der Waals surface area contributed by atoms with Crippen LogP contribution < -0.4 is 15.4 Å². The molecule has 1 aliphatic rings. The minimum atomic E-state index is -0.126. The fraction of sp³-hybridized carbons (Fsp3) is 0.381. The third kappa shape index (κ3) is 5.97. The SMILES string of the molecule is CN(CCCNC(=O)NC1CCOc2ccc(Br)cc21)Cc1ccccc1. The van der Waals surface area contributed by atoms with E-state index in [0.29, 0.717) is 13.2 Å². The molecule has 3 rings (SSSR count). The molecule has 144 valence electrons. The maximum Gasteiger partial charge on any atom is 0.315 e.